The fourth-order valence-corrected chi connectivity index (χ4v) is 3.69. The SMILES string of the molecule is CCOc1ccc(NC(=O)C[C@@H]2S/C(=N/N=C(/C)c3ccc([N+](=O)[O-])cc3)NC2=O)cc1. The van der Waals surface area contributed by atoms with Crippen molar-refractivity contribution in [2.24, 2.45) is 10.2 Å². The Morgan fingerprint density at radius 2 is 1.91 bits per heavy atom. The molecule has 0 radical (unpaired) electrons. The lowest BCUT2D eigenvalue weighted by molar-refractivity contribution is -0.384. The molecule has 0 spiro atoms. The van der Waals surface area contributed by atoms with Crippen molar-refractivity contribution in [1.82, 2.24) is 5.32 Å². The lowest BCUT2D eigenvalue weighted by Crippen LogP contribution is -2.28. The molecule has 0 saturated carbocycles. The van der Waals surface area contributed by atoms with E-state index in [1.807, 2.05) is 6.92 Å². The Morgan fingerprint density at radius 3 is 2.53 bits per heavy atom. The number of amides is 2. The van der Waals surface area contributed by atoms with Gasteiger partial charge in [-0.15, -0.1) is 5.10 Å². The van der Waals surface area contributed by atoms with Crippen LogP contribution in [-0.2, 0) is 9.59 Å². The summed E-state index contributed by atoms with van der Waals surface area (Å²) in [5.74, 6) is 0.0917. The number of amidine groups is 1. The van der Waals surface area contributed by atoms with Gasteiger partial charge >= 0.3 is 0 Å². The molecular weight excluding hydrogens is 434 g/mol. The first-order valence-corrected chi connectivity index (χ1v) is 10.6. The van der Waals surface area contributed by atoms with Crippen LogP contribution >= 0.6 is 11.8 Å². The maximum atomic E-state index is 12.3. The van der Waals surface area contributed by atoms with Gasteiger partial charge in [0.2, 0.25) is 11.8 Å². The molecule has 0 aromatic heterocycles. The fourth-order valence-electron chi connectivity index (χ4n) is 2.77. The molecule has 2 amide bonds. The van der Waals surface area contributed by atoms with Gasteiger partial charge in [0.1, 0.15) is 11.0 Å². The Bertz CT molecular complexity index is 1070. The second kappa shape index (κ2) is 10.5. The van der Waals surface area contributed by atoms with Gasteiger partial charge in [0.25, 0.3) is 5.69 Å². The van der Waals surface area contributed by atoms with Crippen LogP contribution in [0, 0.1) is 10.1 Å². The lowest BCUT2D eigenvalue weighted by atomic mass is 10.1. The minimum absolute atomic E-state index is 0.0159. The maximum absolute atomic E-state index is 12.3. The molecule has 166 valence electrons. The zero-order chi connectivity index (χ0) is 23.1. The van der Waals surface area contributed by atoms with Crippen LogP contribution in [0.2, 0.25) is 0 Å². The molecule has 2 aromatic carbocycles. The Morgan fingerprint density at radius 1 is 1.22 bits per heavy atom. The van der Waals surface area contributed by atoms with Gasteiger partial charge in [0.15, 0.2) is 5.17 Å². The van der Waals surface area contributed by atoms with Crippen LogP contribution in [0.15, 0.2) is 58.7 Å². The molecule has 0 unspecified atom stereocenters. The van der Waals surface area contributed by atoms with E-state index in [-0.39, 0.29) is 29.1 Å². The lowest BCUT2D eigenvalue weighted by Gasteiger charge is -2.08. The molecule has 1 heterocycles. The first kappa shape index (κ1) is 22.9. The molecule has 0 aliphatic carbocycles. The van der Waals surface area contributed by atoms with Crippen LogP contribution in [-0.4, -0.2) is 39.5 Å². The topological polar surface area (TPSA) is 135 Å². The van der Waals surface area contributed by atoms with Crippen molar-refractivity contribution >= 4 is 45.8 Å². The van der Waals surface area contributed by atoms with Gasteiger partial charge in [-0.05, 0) is 55.8 Å². The highest BCUT2D eigenvalue weighted by molar-refractivity contribution is 8.15. The number of nitrogens with one attached hydrogen (secondary N) is 2. The van der Waals surface area contributed by atoms with E-state index in [4.69, 9.17) is 4.74 Å². The zero-order valence-electron chi connectivity index (χ0n) is 17.4. The van der Waals surface area contributed by atoms with Crippen molar-refractivity contribution in [2.45, 2.75) is 25.5 Å². The predicted octanol–water partition coefficient (Wildman–Crippen LogP) is 3.33. The minimum atomic E-state index is -0.619. The van der Waals surface area contributed by atoms with Crippen LogP contribution in [0.1, 0.15) is 25.8 Å². The third-order valence-corrected chi connectivity index (χ3v) is 5.46. The van der Waals surface area contributed by atoms with Gasteiger partial charge in [-0.3, -0.25) is 19.7 Å². The van der Waals surface area contributed by atoms with E-state index in [0.29, 0.717) is 29.3 Å². The van der Waals surface area contributed by atoms with Crippen molar-refractivity contribution in [3.05, 3.63) is 64.2 Å². The highest BCUT2D eigenvalue weighted by Crippen LogP contribution is 2.24. The molecule has 1 aliphatic rings. The number of anilines is 1. The number of benzene rings is 2. The van der Waals surface area contributed by atoms with Crippen LogP contribution in [0.3, 0.4) is 0 Å². The molecule has 1 aliphatic heterocycles. The van der Waals surface area contributed by atoms with Crippen molar-refractivity contribution in [2.75, 3.05) is 11.9 Å². The number of nitro groups is 1. The number of nitro benzene ring substituents is 1. The molecule has 32 heavy (non-hydrogen) atoms. The van der Waals surface area contributed by atoms with Gasteiger partial charge in [0, 0.05) is 24.2 Å². The van der Waals surface area contributed by atoms with Gasteiger partial charge in [-0.25, -0.2) is 0 Å². The second-order valence-electron chi connectivity index (χ2n) is 6.70. The highest BCUT2D eigenvalue weighted by Gasteiger charge is 2.32. The molecule has 10 nitrogen and oxygen atoms in total. The monoisotopic (exact) mass is 455 g/mol. The van der Waals surface area contributed by atoms with Gasteiger partial charge in [-0.1, -0.05) is 11.8 Å². The molecule has 0 bridgehead atoms. The van der Waals surface area contributed by atoms with Crippen LogP contribution < -0.4 is 15.4 Å². The summed E-state index contributed by atoms with van der Waals surface area (Å²) in [6, 6.07) is 12.9. The molecule has 1 atom stereocenters. The molecule has 2 N–H and O–H groups in total. The average Bonchev–Trinajstić information content (AvgIpc) is 3.12. The summed E-state index contributed by atoms with van der Waals surface area (Å²) in [5.41, 5.74) is 1.79. The smallest absolute Gasteiger partial charge is 0.269 e. The quantitative estimate of drug-likeness (QED) is 0.356. The number of rotatable bonds is 8. The number of hydrogen-bond acceptors (Lipinski definition) is 8. The number of carbonyl (C=O) groups excluding carboxylic acids is 2. The Balaban J connectivity index is 1.56. The summed E-state index contributed by atoms with van der Waals surface area (Å²) in [7, 11) is 0. The van der Waals surface area contributed by atoms with Gasteiger partial charge in [0.05, 0.1) is 17.2 Å². The molecule has 11 heteroatoms. The van der Waals surface area contributed by atoms with Crippen LogP contribution in [0.5, 0.6) is 5.75 Å². The highest BCUT2D eigenvalue weighted by atomic mass is 32.2. The van der Waals surface area contributed by atoms with E-state index < -0.39 is 10.2 Å². The molecule has 3 rings (SSSR count). The predicted molar refractivity (Wildman–Crippen MR) is 123 cm³/mol. The zero-order valence-corrected chi connectivity index (χ0v) is 18.2. The Labute approximate surface area is 188 Å². The number of nitrogens with zero attached hydrogens (tertiary/aromatic N) is 3. The molecule has 2 aromatic rings. The van der Waals surface area contributed by atoms with Gasteiger partial charge in [-0.2, -0.15) is 5.10 Å². The third kappa shape index (κ3) is 6.14. The Kier molecular flexibility index (Phi) is 7.55. The van der Waals surface area contributed by atoms with E-state index in [9.17, 15) is 19.7 Å². The van der Waals surface area contributed by atoms with E-state index in [0.717, 1.165) is 11.8 Å². The van der Waals surface area contributed by atoms with E-state index in [1.165, 1.54) is 12.1 Å². The normalized spacial score (nSPS) is 17.2. The summed E-state index contributed by atoms with van der Waals surface area (Å²) in [6.07, 6.45) is -0.0201. The molecular formula is C21H21N5O5S. The van der Waals surface area contributed by atoms with Crippen LogP contribution in [0.25, 0.3) is 0 Å². The minimum Gasteiger partial charge on any atom is -0.494 e. The second-order valence-corrected chi connectivity index (χ2v) is 7.89. The molecule has 1 fully saturated rings. The fraction of sp³-hybridized carbons (Fsp3) is 0.238. The van der Waals surface area contributed by atoms with Crippen LogP contribution in [0.4, 0.5) is 11.4 Å². The summed E-state index contributed by atoms with van der Waals surface area (Å²) >= 11 is 1.12. The van der Waals surface area contributed by atoms with E-state index >= 15 is 0 Å². The summed E-state index contributed by atoms with van der Waals surface area (Å²) in [5, 5.41) is 23.9. The largest absolute Gasteiger partial charge is 0.494 e. The van der Waals surface area contributed by atoms with Crippen molar-refractivity contribution < 1.29 is 19.2 Å². The number of non-ortho nitro benzene ring substituents is 1. The number of carbonyl (C=O) groups is 2. The average molecular weight is 455 g/mol. The summed E-state index contributed by atoms with van der Waals surface area (Å²) in [6.45, 7) is 4.15. The van der Waals surface area contributed by atoms with Crippen molar-refractivity contribution in [1.29, 1.82) is 0 Å². The first-order chi connectivity index (χ1) is 15.4. The van der Waals surface area contributed by atoms with Crippen molar-refractivity contribution in [3.63, 3.8) is 0 Å². The Hall–Kier alpha value is -3.73. The van der Waals surface area contributed by atoms with E-state index in [2.05, 4.69) is 20.8 Å². The number of ether oxygens (including phenoxy) is 1. The van der Waals surface area contributed by atoms with Crippen molar-refractivity contribution in [3.8, 4) is 5.75 Å². The first-order valence-electron chi connectivity index (χ1n) is 9.73. The van der Waals surface area contributed by atoms with Gasteiger partial charge < -0.3 is 15.4 Å². The summed E-state index contributed by atoms with van der Waals surface area (Å²) < 4.78 is 5.36. The maximum Gasteiger partial charge on any atom is 0.269 e. The standard InChI is InChI=1S/C21H21N5O5S/c1-3-31-17-10-6-15(7-11-17)22-19(27)12-18-20(28)23-21(32-18)25-24-13(2)14-4-8-16(9-5-14)26(29)30/h4-11,18H,3,12H2,1-2H3,(H,22,27)(H,23,25,28)/b24-13-/t18-/m0/s1. The van der Waals surface area contributed by atoms with E-state index in [1.54, 1.807) is 43.3 Å². The number of thioether (sulfide) groups is 1. The number of hydrogen-bond donors (Lipinski definition) is 2. The summed E-state index contributed by atoms with van der Waals surface area (Å²) in [4.78, 5) is 34.7. The molecule has 1 saturated heterocycles. The third-order valence-electron chi connectivity index (χ3n) is 4.38.